The molecule has 1 aromatic rings. The normalized spacial score (nSPS) is 20.5. The average molecular weight is 326 g/mol. The number of non-ortho nitro benzene ring substituents is 1. The minimum atomic E-state index is -0.388. The van der Waals surface area contributed by atoms with Crippen molar-refractivity contribution in [3.8, 4) is 0 Å². The number of Topliss-reactive ketones (excluding diaryl/α,β-unsaturated/α-hetero) is 1. The molecule has 2 aliphatic rings. The van der Waals surface area contributed by atoms with Crippen molar-refractivity contribution in [3.05, 3.63) is 63.0 Å². The Morgan fingerprint density at radius 3 is 2.83 bits per heavy atom. The van der Waals surface area contributed by atoms with Gasteiger partial charge in [0, 0.05) is 41.4 Å². The standard InChI is InChI=1S/C19H22N2O3/c1-12(2)9-14-11-16(13-5-3-6-15(10-13)21(23)24)19-17(20-14)7-4-8-18(19)22/h3,5-6,10-12,16,20H,4,7-9H2,1-2H3. The first-order valence-electron chi connectivity index (χ1n) is 8.44. The molecule has 0 aromatic heterocycles. The molecule has 1 unspecified atom stereocenters. The second kappa shape index (κ2) is 6.59. The Morgan fingerprint density at radius 2 is 2.12 bits per heavy atom. The molecular weight excluding hydrogens is 304 g/mol. The number of benzene rings is 1. The molecule has 0 saturated heterocycles. The van der Waals surface area contributed by atoms with Gasteiger partial charge in [-0.3, -0.25) is 14.9 Å². The molecule has 1 aromatic carbocycles. The van der Waals surface area contributed by atoms with E-state index >= 15 is 0 Å². The number of nitro groups is 1. The van der Waals surface area contributed by atoms with Crippen molar-refractivity contribution in [2.24, 2.45) is 5.92 Å². The Hall–Kier alpha value is -2.43. The van der Waals surface area contributed by atoms with Gasteiger partial charge in [0.1, 0.15) is 0 Å². The molecule has 0 radical (unpaired) electrons. The summed E-state index contributed by atoms with van der Waals surface area (Å²) in [5, 5.41) is 14.5. The smallest absolute Gasteiger partial charge is 0.269 e. The number of dihydropyridines is 1. The van der Waals surface area contributed by atoms with Crippen LogP contribution in [0.4, 0.5) is 5.69 Å². The first kappa shape index (κ1) is 16.4. The summed E-state index contributed by atoms with van der Waals surface area (Å²) in [7, 11) is 0. The van der Waals surface area contributed by atoms with Crippen LogP contribution in [-0.4, -0.2) is 10.7 Å². The minimum Gasteiger partial charge on any atom is -0.362 e. The van der Waals surface area contributed by atoms with Crippen LogP contribution in [0.15, 0.2) is 47.3 Å². The lowest BCUT2D eigenvalue weighted by Gasteiger charge is -2.32. The van der Waals surface area contributed by atoms with Gasteiger partial charge in [-0.25, -0.2) is 0 Å². The maximum Gasteiger partial charge on any atom is 0.269 e. The molecule has 0 amide bonds. The lowest BCUT2D eigenvalue weighted by Crippen LogP contribution is -2.29. The Bertz CT molecular complexity index is 747. The van der Waals surface area contributed by atoms with E-state index in [0.29, 0.717) is 12.3 Å². The van der Waals surface area contributed by atoms with Crippen LogP contribution < -0.4 is 5.32 Å². The molecule has 0 bridgehead atoms. The molecule has 24 heavy (non-hydrogen) atoms. The third-order valence-electron chi connectivity index (χ3n) is 4.51. The van der Waals surface area contributed by atoms with E-state index < -0.39 is 0 Å². The van der Waals surface area contributed by atoms with E-state index in [2.05, 4.69) is 25.2 Å². The second-order valence-corrected chi connectivity index (χ2v) is 6.91. The van der Waals surface area contributed by atoms with Crippen molar-refractivity contribution < 1.29 is 9.72 Å². The van der Waals surface area contributed by atoms with Gasteiger partial charge in [0.15, 0.2) is 5.78 Å². The quantitative estimate of drug-likeness (QED) is 0.664. The van der Waals surface area contributed by atoms with E-state index in [1.165, 1.54) is 6.07 Å². The number of carbonyl (C=O) groups is 1. The molecule has 0 fully saturated rings. The van der Waals surface area contributed by atoms with Crippen molar-refractivity contribution in [1.29, 1.82) is 0 Å². The highest BCUT2D eigenvalue weighted by Crippen LogP contribution is 2.39. The number of nitrogens with one attached hydrogen (secondary N) is 1. The highest BCUT2D eigenvalue weighted by molar-refractivity contribution is 5.99. The predicted molar refractivity (Wildman–Crippen MR) is 92.4 cm³/mol. The van der Waals surface area contributed by atoms with E-state index in [1.54, 1.807) is 12.1 Å². The number of carbonyl (C=O) groups excluding carboxylic acids is 1. The zero-order valence-electron chi connectivity index (χ0n) is 14.0. The summed E-state index contributed by atoms with van der Waals surface area (Å²) in [6, 6.07) is 6.64. The third kappa shape index (κ3) is 3.25. The fourth-order valence-electron chi connectivity index (χ4n) is 3.53. The molecule has 0 saturated carbocycles. The van der Waals surface area contributed by atoms with Gasteiger partial charge in [-0.2, -0.15) is 0 Å². The van der Waals surface area contributed by atoms with E-state index in [4.69, 9.17) is 0 Å². The van der Waals surface area contributed by atoms with Crippen molar-refractivity contribution in [2.45, 2.75) is 45.4 Å². The number of rotatable bonds is 4. The average Bonchev–Trinajstić information content (AvgIpc) is 2.53. The topological polar surface area (TPSA) is 72.2 Å². The Kier molecular flexibility index (Phi) is 4.51. The molecule has 1 heterocycles. The lowest BCUT2D eigenvalue weighted by molar-refractivity contribution is -0.384. The largest absolute Gasteiger partial charge is 0.362 e. The monoisotopic (exact) mass is 326 g/mol. The van der Waals surface area contributed by atoms with Crippen molar-refractivity contribution in [2.75, 3.05) is 0 Å². The van der Waals surface area contributed by atoms with Gasteiger partial charge in [0.2, 0.25) is 0 Å². The number of nitro benzene ring substituents is 1. The van der Waals surface area contributed by atoms with Crippen LogP contribution in [-0.2, 0) is 4.79 Å². The number of nitrogens with zero attached hydrogens (tertiary/aromatic N) is 1. The fourth-order valence-corrected chi connectivity index (χ4v) is 3.53. The maximum atomic E-state index is 12.5. The molecule has 1 atom stereocenters. The highest BCUT2D eigenvalue weighted by Gasteiger charge is 2.32. The van der Waals surface area contributed by atoms with E-state index in [0.717, 1.165) is 41.8 Å². The van der Waals surface area contributed by atoms with Gasteiger partial charge in [-0.1, -0.05) is 32.1 Å². The zero-order valence-corrected chi connectivity index (χ0v) is 14.0. The molecule has 0 spiro atoms. The van der Waals surface area contributed by atoms with Crippen LogP contribution in [0.3, 0.4) is 0 Å². The first-order valence-corrected chi connectivity index (χ1v) is 8.44. The first-order chi connectivity index (χ1) is 11.5. The third-order valence-corrected chi connectivity index (χ3v) is 4.51. The Morgan fingerprint density at radius 1 is 1.33 bits per heavy atom. The van der Waals surface area contributed by atoms with Crippen molar-refractivity contribution in [3.63, 3.8) is 0 Å². The van der Waals surface area contributed by atoms with Gasteiger partial charge in [0.25, 0.3) is 5.69 Å². The van der Waals surface area contributed by atoms with Gasteiger partial charge in [-0.05, 0) is 30.7 Å². The summed E-state index contributed by atoms with van der Waals surface area (Å²) in [5.74, 6) is 0.457. The fraction of sp³-hybridized carbons (Fsp3) is 0.421. The van der Waals surface area contributed by atoms with Crippen LogP contribution in [0, 0.1) is 16.0 Å². The lowest BCUT2D eigenvalue weighted by atomic mass is 9.79. The summed E-state index contributed by atoms with van der Waals surface area (Å²) in [6.07, 6.45) is 5.25. The van der Waals surface area contributed by atoms with Crippen molar-refractivity contribution in [1.82, 2.24) is 5.32 Å². The predicted octanol–water partition coefficient (Wildman–Crippen LogP) is 4.22. The summed E-state index contributed by atoms with van der Waals surface area (Å²) in [4.78, 5) is 23.2. The minimum absolute atomic E-state index is 0.0650. The molecule has 3 rings (SSSR count). The second-order valence-electron chi connectivity index (χ2n) is 6.91. The van der Waals surface area contributed by atoms with Gasteiger partial charge in [-0.15, -0.1) is 0 Å². The van der Waals surface area contributed by atoms with Crippen LogP contribution in [0.1, 0.15) is 51.0 Å². The number of hydrogen-bond acceptors (Lipinski definition) is 4. The summed E-state index contributed by atoms with van der Waals surface area (Å²) in [6.45, 7) is 4.31. The molecule has 5 heteroatoms. The van der Waals surface area contributed by atoms with Crippen LogP contribution >= 0.6 is 0 Å². The molecule has 1 N–H and O–H groups in total. The van der Waals surface area contributed by atoms with Gasteiger partial charge >= 0.3 is 0 Å². The van der Waals surface area contributed by atoms with E-state index in [9.17, 15) is 14.9 Å². The Balaban J connectivity index is 2.05. The van der Waals surface area contributed by atoms with Crippen LogP contribution in [0.5, 0.6) is 0 Å². The van der Waals surface area contributed by atoms with Gasteiger partial charge < -0.3 is 5.32 Å². The van der Waals surface area contributed by atoms with E-state index in [-0.39, 0.29) is 22.3 Å². The van der Waals surface area contributed by atoms with Crippen LogP contribution in [0.2, 0.25) is 0 Å². The summed E-state index contributed by atoms with van der Waals surface area (Å²) in [5.41, 5.74) is 3.77. The molecule has 1 aliphatic carbocycles. The number of hydrogen-bond donors (Lipinski definition) is 1. The van der Waals surface area contributed by atoms with E-state index in [1.807, 2.05) is 6.07 Å². The van der Waals surface area contributed by atoms with Gasteiger partial charge in [0.05, 0.1) is 4.92 Å². The number of ketones is 1. The number of allylic oxidation sites excluding steroid dienone is 4. The highest BCUT2D eigenvalue weighted by atomic mass is 16.6. The van der Waals surface area contributed by atoms with Crippen molar-refractivity contribution >= 4 is 11.5 Å². The SMILES string of the molecule is CC(C)CC1=CC(c2cccc([N+](=O)[O-])c2)C2=C(CCCC2=O)N1. The molecule has 1 aliphatic heterocycles. The molecular formula is C19H22N2O3. The Labute approximate surface area is 141 Å². The summed E-state index contributed by atoms with van der Waals surface area (Å²) >= 11 is 0. The molecule has 126 valence electrons. The van der Waals surface area contributed by atoms with Crippen LogP contribution in [0.25, 0.3) is 0 Å². The summed E-state index contributed by atoms with van der Waals surface area (Å²) < 4.78 is 0. The molecule has 5 nitrogen and oxygen atoms in total. The zero-order chi connectivity index (χ0) is 17.3. The maximum absolute atomic E-state index is 12.5.